The molecule has 1 N–H and O–H groups in total. The number of hydrogen-bond donors (Lipinski definition) is 1. The molecule has 1 aromatic carbocycles. The average molecular weight is 275 g/mol. The lowest BCUT2D eigenvalue weighted by atomic mass is 9.84. The topological polar surface area (TPSA) is 61.1 Å². The maximum absolute atomic E-state index is 12.0. The zero-order valence-electron chi connectivity index (χ0n) is 10.9. The van der Waals surface area contributed by atoms with Gasteiger partial charge in [-0.2, -0.15) is 5.26 Å². The Morgan fingerprint density at radius 1 is 1.37 bits per heavy atom. The van der Waals surface area contributed by atoms with Gasteiger partial charge >= 0.3 is 0 Å². The molecule has 0 spiro atoms. The van der Waals surface area contributed by atoms with Crippen LogP contribution in [0.2, 0.25) is 0 Å². The second-order valence-electron chi connectivity index (χ2n) is 5.73. The van der Waals surface area contributed by atoms with Gasteiger partial charge in [-0.1, -0.05) is 12.1 Å². The molecule has 0 saturated carbocycles. The van der Waals surface area contributed by atoms with Gasteiger partial charge in [-0.25, -0.2) is 0 Å². The fourth-order valence-corrected chi connectivity index (χ4v) is 5.56. The average Bonchev–Trinajstić information content (AvgIpc) is 2.63. The van der Waals surface area contributed by atoms with Gasteiger partial charge in [-0.3, -0.25) is 4.21 Å². The van der Waals surface area contributed by atoms with Gasteiger partial charge in [0, 0.05) is 21.3 Å². The number of aryl methyl sites for hydroxylation is 1. The predicted molar refractivity (Wildman–Crippen MR) is 74.0 cm³/mol. The monoisotopic (exact) mass is 275 g/mol. The first-order valence-electron chi connectivity index (χ1n) is 6.66. The van der Waals surface area contributed by atoms with E-state index in [0.29, 0.717) is 18.4 Å². The number of rotatable bonds is 1. The van der Waals surface area contributed by atoms with Crippen molar-refractivity contribution in [3.8, 4) is 6.07 Å². The first-order valence-corrected chi connectivity index (χ1v) is 7.94. The van der Waals surface area contributed by atoms with Crippen molar-refractivity contribution < 1.29 is 9.32 Å². The van der Waals surface area contributed by atoms with Crippen LogP contribution in [0.25, 0.3) is 0 Å². The van der Waals surface area contributed by atoms with Crippen LogP contribution in [0.3, 0.4) is 0 Å². The van der Waals surface area contributed by atoms with Crippen LogP contribution in [0, 0.1) is 18.3 Å². The third kappa shape index (κ3) is 2.01. The Balaban J connectivity index is 1.96. The molecule has 100 valence electrons. The van der Waals surface area contributed by atoms with Crippen LogP contribution in [0.5, 0.6) is 0 Å². The third-order valence-corrected chi connectivity index (χ3v) is 6.60. The number of hydrogen-bond acceptors (Lipinski definition) is 3. The Bertz CT molecular complexity index is 574. The molecule has 1 aromatic rings. The van der Waals surface area contributed by atoms with Crippen LogP contribution in [-0.4, -0.2) is 19.8 Å². The summed E-state index contributed by atoms with van der Waals surface area (Å²) in [4.78, 5) is 0. The standard InChI is InChI=1S/C15H17NO2S/c1-10-6-12(3-2-11(10)9-16)15(17)7-13-4-5-14(8-15)19(13)18/h2-3,6,13-14,17H,4-5,7-8H2,1H3. The van der Waals surface area contributed by atoms with Crippen molar-refractivity contribution in [3.05, 3.63) is 34.9 Å². The van der Waals surface area contributed by atoms with Crippen molar-refractivity contribution in [2.45, 2.75) is 48.7 Å². The highest BCUT2D eigenvalue weighted by Gasteiger charge is 2.48. The quantitative estimate of drug-likeness (QED) is 0.854. The number of aliphatic hydroxyl groups is 1. The lowest BCUT2D eigenvalue weighted by Crippen LogP contribution is -2.40. The predicted octanol–water partition coefficient (Wildman–Crippen LogP) is 2.13. The van der Waals surface area contributed by atoms with Crippen molar-refractivity contribution in [2.24, 2.45) is 0 Å². The van der Waals surface area contributed by atoms with Gasteiger partial charge in [-0.15, -0.1) is 0 Å². The molecule has 2 fully saturated rings. The molecule has 2 aliphatic rings. The Labute approximate surface area is 115 Å². The van der Waals surface area contributed by atoms with Gasteiger partial charge in [0.05, 0.1) is 17.2 Å². The fourth-order valence-electron chi connectivity index (χ4n) is 3.40. The van der Waals surface area contributed by atoms with Gasteiger partial charge in [0.1, 0.15) is 0 Å². The number of nitrogens with zero attached hydrogens (tertiary/aromatic N) is 1. The number of fused-ring (bicyclic) bond motifs is 2. The summed E-state index contributed by atoms with van der Waals surface area (Å²) in [6.07, 6.45) is 3.10. The Morgan fingerprint density at radius 2 is 2.00 bits per heavy atom. The van der Waals surface area contributed by atoms with Crippen LogP contribution in [0.15, 0.2) is 18.2 Å². The molecule has 19 heavy (non-hydrogen) atoms. The molecular formula is C15H17NO2S. The SMILES string of the molecule is Cc1cc(C2(O)CC3CCC(C2)S3=O)ccc1C#N. The number of nitriles is 1. The molecule has 0 amide bonds. The highest BCUT2D eigenvalue weighted by molar-refractivity contribution is 7.86. The lowest BCUT2D eigenvalue weighted by molar-refractivity contribution is 0.0184. The Kier molecular flexibility index (Phi) is 2.99. The Morgan fingerprint density at radius 3 is 2.53 bits per heavy atom. The second-order valence-corrected chi connectivity index (χ2v) is 7.72. The van der Waals surface area contributed by atoms with Crippen molar-refractivity contribution >= 4 is 10.8 Å². The van der Waals surface area contributed by atoms with Crippen molar-refractivity contribution in [2.75, 3.05) is 0 Å². The molecule has 2 aliphatic heterocycles. The summed E-state index contributed by atoms with van der Waals surface area (Å²) in [5.74, 6) is 0. The number of benzene rings is 1. The molecule has 2 heterocycles. The summed E-state index contributed by atoms with van der Waals surface area (Å²) in [6, 6.07) is 7.67. The van der Waals surface area contributed by atoms with Crippen LogP contribution in [0.1, 0.15) is 42.4 Å². The molecule has 3 rings (SSSR count). The zero-order chi connectivity index (χ0) is 13.6. The molecule has 3 nitrogen and oxygen atoms in total. The molecule has 2 atom stereocenters. The van der Waals surface area contributed by atoms with E-state index in [2.05, 4.69) is 6.07 Å². The largest absolute Gasteiger partial charge is 0.385 e. The molecule has 2 saturated heterocycles. The van der Waals surface area contributed by atoms with Gasteiger partial charge in [0.2, 0.25) is 0 Å². The maximum Gasteiger partial charge on any atom is 0.0994 e. The van der Waals surface area contributed by atoms with E-state index in [1.54, 1.807) is 6.07 Å². The summed E-state index contributed by atoms with van der Waals surface area (Å²) in [7, 11) is -0.763. The Hall–Kier alpha value is -1.18. The van der Waals surface area contributed by atoms with Crippen molar-refractivity contribution in [1.29, 1.82) is 5.26 Å². The summed E-state index contributed by atoms with van der Waals surface area (Å²) in [5.41, 5.74) is 1.55. The molecule has 4 heteroatoms. The minimum atomic E-state index is -0.863. The second kappa shape index (κ2) is 4.43. The first kappa shape index (κ1) is 12.8. The van der Waals surface area contributed by atoms with E-state index in [4.69, 9.17) is 5.26 Å². The van der Waals surface area contributed by atoms with Crippen molar-refractivity contribution in [1.82, 2.24) is 0 Å². The molecular weight excluding hydrogens is 258 g/mol. The molecule has 0 aromatic heterocycles. The lowest BCUT2D eigenvalue weighted by Gasteiger charge is -2.36. The van der Waals surface area contributed by atoms with Gasteiger partial charge in [0.25, 0.3) is 0 Å². The summed E-state index contributed by atoms with van der Waals surface area (Å²) >= 11 is 0. The van der Waals surface area contributed by atoms with E-state index in [9.17, 15) is 9.32 Å². The highest BCUT2D eigenvalue weighted by Crippen LogP contribution is 2.45. The zero-order valence-corrected chi connectivity index (χ0v) is 11.7. The van der Waals surface area contributed by atoms with E-state index in [0.717, 1.165) is 24.0 Å². The van der Waals surface area contributed by atoms with Gasteiger partial charge in [0.15, 0.2) is 0 Å². The van der Waals surface area contributed by atoms with Gasteiger partial charge < -0.3 is 5.11 Å². The van der Waals surface area contributed by atoms with Crippen LogP contribution >= 0.6 is 0 Å². The van der Waals surface area contributed by atoms with E-state index in [1.165, 1.54) is 0 Å². The highest BCUT2D eigenvalue weighted by atomic mass is 32.2. The first-order chi connectivity index (χ1) is 9.03. The van der Waals surface area contributed by atoms with Crippen LogP contribution < -0.4 is 0 Å². The normalized spacial score (nSPS) is 37.0. The minimum Gasteiger partial charge on any atom is -0.385 e. The molecule has 0 radical (unpaired) electrons. The summed E-state index contributed by atoms with van der Waals surface area (Å²) < 4.78 is 12.0. The van der Waals surface area contributed by atoms with E-state index in [-0.39, 0.29) is 10.5 Å². The minimum absolute atomic E-state index is 0.139. The maximum atomic E-state index is 12.0. The van der Waals surface area contributed by atoms with E-state index in [1.807, 2.05) is 19.1 Å². The molecule has 2 unspecified atom stereocenters. The third-order valence-electron chi connectivity index (χ3n) is 4.48. The van der Waals surface area contributed by atoms with E-state index >= 15 is 0 Å². The van der Waals surface area contributed by atoms with E-state index < -0.39 is 16.4 Å². The van der Waals surface area contributed by atoms with Crippen LogP contribution in [0.4, 0.5) is 0 Å². The summed E-state index contributed by atoms with van der Waals surface area (Å²) in [6.45, 7) is 1.89. The summed E-state index contributed by atoms with van der Waals surface area (Å²) in [5, 5.41) is 20.1. The van der Waals surface area contributed by atoms with Crippen molar-refractivity contribution in [3.63, 3.8) is 0 Å². The van der Waals surface area contributed by atoms with Crippen LogP contribution in [-0.2, 0) is 16.4 Å². The molecule has 0 aliphatic carbocycles. The fraction of sp³-hybridized carbons (Fsp3) is 0.533. The molecule has 2 bridgehead atoms. The van der Waals surface area contributed by atoms with Gasteiger partial charge in [-0.05, 0) is 49.8 Å². The smallest absolute Gasteiger partial charge is 0.0994 e.